The maximum absolute atomic E-state index is 12.9. The maximum Gasteiger partial charge on any atom is 0.283 e. The molecule has 2 fully saturated rings. The van der Waals surface area contributed by atoms with Gasteiger partial charge in [-0.15, -0.1) is 0 Å². The van der Waals surface area contributed by atoms with Crippen LogP contribution in [0.5, 0.6) is 0 Å². The van der Waals surface area contributed by atoms with Gasteiger partial charge in [-0.25, -0.2) is 9.99 Å². The number of primary amides is 1. The quantitative estimate of drug-likeness (QED) is 0.545. The van der Waals surface area contributed by atoms with Crippen molar-refractivity contribution in [1.29, 1.82) is 0 Å². The Kier molecular flexibility index (Phi) is 8.96. The van der Waals surface area contributed by atoms with E-state index in [0.717, 1.165) is 37.4 Å². The first-order chi connectivity index (χ1) is 17.8. The first kappa shape index (κ1) is 27.3. The fourth-order valence-corrected chi connectivity index (χ4v) is 5.15. The Balaban J connectivity index is 0.00000102. The summed E-state index contributed by atoms with van der Waals surface area (Å²) in [5.41, 5.74) is 8.20. The van der Waals surface area contributed by atoms with Crippen molar-refractivity contribution >= 4 is 64.3 Å². The molecule has 3 aliphatic rings. The molecule has 0 aliphatic carbocycles. The van der Waals surface area contributed by atoms with Crippen LogP contribution in [0.4, 0.5) is 11.5 Å². The van der Waals surface area contributed by atoms with Crippen molar-refractivity contribution in [2.75, 3.05) is 49.1 Å². The molecule has 5 rings (SSSR count). The van der Waals surface area contributed by atoms with Crippen molar-refractivity contribution in [3.05, 3.63) is 51.6 Å². The fraction of sp³-hybridized carbons (Fsp3) is 0.417. The van der Waals surface area contributed by atoms with Gasteiger partial charge in [-0.3, -0.25) is 15.0 Å². The highest BCUT2D eigenvalue weighted by Gasteiger charge is 2.44. The Labute approximate surface area is 230 Å². The van der Waals surface area contributed by atoms with Crippen LogP contribution < -0.4 is 21.0 Å². The van der Waals surface area contributed by atoms with Crippen molar-refractivity contribution in [3.8, 4) is 0 Å². The van der Waals surface area contributed by atoms with Crippen LogP contribution in [0.2, 0.25) is 15.1 Å². The average molecular weight is 569 g/mol. The number of piperidine rings is 1. The number of benzene rings is 1. The molecule has 3 N–H and O–H groups in total. The van der Waals surface area contributed by atoms with Gasteiger partial charge in [-0.2, -0.15) is 0 Å². The number of hydrazine groups is 1. The van der Waals surface area contributed by atoms with Gasteiger partial charge in [0.15, 0.2) is 0 Å². The SMILES string of the molecule is NC=O.O=C(NN1CCN(c2ncccc2Cl)CC1)C1=NOC2(CCN(c3ccc(Cl)c(Cl)c3)CC2)C1. The molecule has 1 aromatic carbocycles. The molecule has 13 heteroatoms. The topological polar surface area (TPSA) is 116 Å². The van der Waals surface area contributed by atoms with Crippen molar-refractivity contribution in [2.24, 2.45) is 10.9 Å². The van der Waals surface area contributed by atoms with Crippen LogP contribution in [0.1, 0.15) is 19.3 Å². The summed E-state index contributed by atoms with van der Waals surface area (Å²) in [6, 6.07) is 9.32. The number of amides is 2. The molecule has 198 valence electrons. The molecule has 10 nitrogen and oxygen atoms in total. The molecule has 0 saturated carbocycles. The Morgan fingerprint density at radius 2 is 1.70 bits per heavy atom. The highest BCUT2D eigenvalue weighted by molar-refractivity contribution is 6.42. The minimum atomic E-state index is -0.423. The lowest BCUT2D eigenvalue weighted by atomic mass is 9.86. The zero-order valence-electron chi connectivity index (χ0n) is 20.1. The van der Waals surface area contributed by atoms with E-state index >= 15 is 0 Å². The molecule has 2 aromatic rings. The second-order valence-electron chi connectivity index (χ2n) is 8.93. The molecule has 4 heterocycles. The third-order valence-corrected chi connectivity index (χ3v) is 7.66. The number of piperazine rings is 1. The molecule has 0 atom stereocenters. The molecule has 1 spiro atoms. The monoisotopic (exact) mass is 567 g/mol. The minimum absolute atomic E-state index is 0.201. The largest absolute Gasteiger partial charge is 0.388 e. The fourth-order valence-electron chi connectivity index (χ4n) is 4.61. The summed E-state index contributed by atoms with van der Waals surface area (Å²) in [5, 5.41) is 7.79. The van der Waals surface area contributed by atoms with E-state index in [0.29, 0.717) is 53.4 Å². The molecular formula is C24H28Cl3N7O3. The van der Waals surface area contributed by atoms with E-state index in [1.807, 2.05) is 35.3 Å². The number of rotatable bonds is 4. The standard InChI is InChI=1S/C23H25Cl3N6O2.CH3NO/c24-17-4-3-16(14-19(17)26)30-8-5-23(6-9-30)15-20(29-34-23)22(33)28-32-12-10-31(11-13-32)21-18(25)2-1-7-27-21;2-1-3/h1-4,7,14H,5-6,8-13,15H2,(H,28,33);1H,(H2,2,3). The van der Waals surface area contributed by atoms with Crippen LogP contribution in [-0.4, -0.2) is 72.9 Å². The lowest BCUT2D eigenvalue weighted by Gasteiger charge is -2.38. The van der Waals surface area contributed by atoms with Gasteiger partial charge in [0.25, 0.3) is 5.91 Å². The third kappa shape index (κ3) is 6.56. The normalized spacial score (nSPS) is 18.9. The number of nitrogens with zero attached hydrogens (tertiary/aromatic N) is 5. The van der Waals surface area contributed by atoms with E-state index in [2.05, 4.69) is 31.1 Å². The maximum atomic E-state index is 12.9. The first-order valence-corrected chi connectivity index (χ1v) is 13.0. The highest BCUT2D eigenvalue weighted by atomic mass is 35.5. The van der Waals surface area contributed by atoms with E-state index in [4.69, 9.17) is 44.4 Å². The molecule has 0 unspecified atom stereocenters. The molecule has 0 bridgehead atoms. The van der Waals surface area contributed by atoms with E-state index < -0.39 is 5.60 Å². The van der Waals surface area contributed by atoms with Crippen molar-refractivity contribution in [2.45, 2.75) is 24.9 Å². The minimum Gasteiger partial charge on any atom is -0.388 e. The first-order valence-electron chi connectivity index (χ1n) is 11.9. The van der Waals surface area contributed by atoms with Crippen LogP contribution in [0.3, 0.4) is 0 Å². The number of hydrogen-bond acceptors (Lipinski definition) is 8. The van der Waals surface area contributed by atoms with Gasteiger partial charge in [0.1, 0.15) is 17.1 Å². The predicted octanol–water partition coefficient (Wildman–Crippen LogP) is 3.11. The van der Waals surface area contributed by atoms with Gasteiger partial charge in [0, 0.05) is 70.4 Å². The number of carbonyl (C=O) groups is 2. The van der Waals surface area contributed by atoms with Gasteiger partial charge in [0.05, 0.1) is 15.1 Å². The van der Waals surface area contributed by atoms with Gasteiger partial charge < -0.3 is 20.4 Å². The summed E-state index contributed by atoms with van der Waals surface area (Å²) in [6.45, 7) is 4.34. The number of halogens is 3. The van der Waals surface area contributed by atoms with Crippen molar-refractivity contribution in [3.63, 3.8) is 0 Å². The van der Waals surface area contributed by atoms with Gasteiger partial charge in [-0.05, 0) is 30.3 Å². The van der Waals surface area contributed by atoms with Crippen LogP contribution in [0.25, 0.3) is 0 Å². The van der Waals surface area contributed by atoms with Crippen LogP contribution >= 0.6 is 34.8 Å². The summed E-state index contributed by atoms with van der Waals surface area (Å²) in [6.07, 6.45) is 4.05. The van der Waals surface area contributed by atoms with E-state index in [-0.39, 0.29) is 12.3 Å². The van der Waals surface area contributed by atoms with E-state index in [1.165, 1.54) is 0 Å². The third-order valence-electron chi connectivity index (χ3n) is 6.62. The van der Waals surface area contributed by atoms with Crippen LogP contribution in [-0.2, 0) is 14.4 Å². The average Bonchev–Trinajstić information content (AvgIpc) is 3.31. The number of pyridine rings is 1. The number of nitrogens with one attached hydrogen (secondary N) is 1. The van der Waals surface area contributed by atoms with E-state index in [1.54, 1.807) is 6.20 Å². The predicted molar refractivity (Wildman–Crippen MR) is 145 cm³/mol. The second-order valence-corrected chi connectivity index (χ2v) is 10.2. The molecule has 2 saturated heterocycles. The van der Waals surface area contributed by atoms with Crippen molar-refractivity contribution < 1.29 is 14.4 Å². The number of oxime groups is 1. The molecule has 0 radical (unpaired) electrons. The summed E-state index contributed by atoms with van der Waals surface area (Å²) in [5.74, 6) is 0.575. The lowest BCUT2D eigenvalue weighted by Crippen LogP contribution is -2.55. The molecule has 37 heavy (non-hydrogen) atoms. The number of nitrogens with two attached hydrogens (primary N) is 1. The van der Waals surface area contributed by atoms with Crippen LogP contribution in [0, 0.1) is 0 Å². The van der Waals surface area contributed by atoms with Crippen LogP contribution in [0.15, 0.2) is 41.7 Å². The van der Waals surface area contributed by atoms with Crippen molar-refractivity contribution in [1.82, 2.24) is 15.4 Å². The number of aromatic nitrogens is 1. The molecular weight excluding hydrogens is 541 g/mol. The Morgan fingerprint density at radius 1 is 1.00 bits per heavy atom. The number of anilines is 2. The Morgan fingerprint density at radius 3 is 2.35 bits per heavy atom. The zero-order chi connectivity index (χ0) is 26.4. The zero-order valence-corrected chi connectivity index (χ0v) is 22.3. The second kappa shape index (κ2) is 12.2. The molecule has 3 aliphatic heterocycles. The molecule has 1 aromatic heterocycles. The summed E-state index contributed by atoms with van der Waals surface area (Å²) >= 11 is 18.5. The molecule has 2 amide bonds. The lowest BCUT2D eigenvalue weighted by molar-refractivity contribution is -0.119. The highest BCUT2D eigenvalue weighted by Crippen LogP contribution is 2.37. The van der Waals surface area contributed by atoms with Gasteiger partial charge >= 0.3 is 0 Å². The summed E-state index contributed by atoms with van der Waals surface area (Å²) < 4.78 is 0. The Hall–Kier alpha value is -2.79. The van der Waals surface area contributed by atoms with Gasteiger partial charge in [-0.1, -0.05) is 40.0 Å². The number of carbonyl (C=O) groups excluding carboxylic acids is 2. The number of hydrogen-bond donors (Lipinski definition) is 2. The van der Waals surface area contributed by atoms with E-state index in [9.17, 15) is 4.79 Å². The smallest absolute Gasteiger partial charge is 0.283 e. The Bertz CT molecular complexity index is 1150. The summed E-state index contributed by atoms with van der Waals surface area (Å²) in [7, 11) is 0. The summed E-state index contributed by atoms with van der Waals surface area (Å²) in [4.78, 5) is 36.0. The van der Waals surface area contributed by atoms with Gasteiger partial charge in [0.2, 0.25) is 6.41 Å².